The van der Waals surface area contributed by atoms with Crippen molar-refractivity contribution in [3.8, 4) is 11.1 Å². The number of carbonyl (C=O) groups excluding carboxylic acids is 1. The second kappa shape index (κ2) is 8.44. The Labute approximate surface area is 180 Å². The number of rotatable bonds is 4. The third kappa shape index (κ3) is 4.01. The number of nitrogens with zero attached hydrogens (tertiary/aromatic N) is 4. The van der Waals surface area contributed by atoms with Gasteiger partial charge in [0, 0.05) is 49.2 Å². The van der Waals surface area contributed by atoms with Gasteiger partial charge < -0.3 is 26.0 Å². The minimum Gasteiger partial charge on any atom is -0.383 e. The number of carbonyl (C=O) groups is 1. The highest BCUT2D eigenvalue weighted by Gasteiger charge is 2.19. The van der Waals surface area contributed by atoms with E-state index in [0.29, 0.717) is 55.1 Å². The molecule has 2 aromatic heterocycles. The van der Waals surface area contributed by atoms with Crippen molar-refractivity contribution in [1.29, 1.82) is 0 Å². The number of amides is 1. The van der Waals surface area contributed by atoms with Crippen LogP contribution in [0.3, 0.4) is 0 Å². The van der Waals surface area contributed by atoms with Gasteiger partial charge in [0.05, 0.1) is 24.1 Å². The summed E-state index contributed by atoms with van der Waals surface area (Å²) in [7, 11) is 0. The number of anilines is 2. The van der Waals surface area contributed by atoms with Crippen molar-refractivity contribution >= 4 is 28.6 Å². The maximum atomic E-state index is 12.7. The quantitative estimate of drug-likeness (QED) is 0.583. The molecule has 4 heterocycles. The van der Waals surface area contributed by atoms with E-state index in [-0.39, 0.29) is 5.91 Å². The molecule has 1 atom stereocenters. The Morgan fingerprint density at radius 1 is 1.16 bits per heavy atom. The molecule has 0 radical (unpaired) electrons. The number of pyridine rings is 1. The molecule has 2 saturated heterocycles. The summed E-state index contributed by atoms with van der Waals surface area (Å²) in [5.41, 5.74) is 9.25. The molecule has 1 amide bonds. The first kappa shape index (κ1) is 19.7. The van der Waals surface area contributed by atoms with Crippen molar-refractivity contribution in [2.75, 3.05) is 50.4 Å². The molecule has 2 aliphatic heterocycles. The van der Waals surface area contributed by atoms with Crippen LogP contribution in [-0.4, -0.2) is 71.2 Å². The highest BCUT2D eigenvalue weighted by atomic mass is 16.5. The van der Waals surface area contributed by atoms with Crippen molar-refractivity contribution in [2.24, 2.45) is 0 Å². The van der Waals surface area contributed by atoms with Crippen LogP contribution in [0.4, 0.5) is 11.8 Å². The van der Waals surface area contributed by atoms with E-state index in [4.69, 9.17) is 15.5 Å². The number of aromatic nitrogens is 3. The third-order valence-electron chi connectivity index (χ3n) is 5.79. The molecule has 9 nitrogen and oxygen atoms in total. The molecule has 2 aliphatic rings. The van der Waals surface area contributed by atoms with Gasteiger partial charge in [0.1, 0.15) is 5.82 Å². The molecule has 2 fully saturated rings. The maximum absolute atomic E-state index is 12.7. The minimum absolute atomic E-state index is 0.0223. The number of ether oxygens (including phenoxy) is 1. The molecule has 4 N–H and O–H groups in total. The van der Waals surface area contributed by atoms with E-state index in [0.717, 1.165) is 36.2 Å². The zero-order valence-electron chi connectivity index (χ0n) is 17.2. The van der Waals surface area contributed by atoms with Gasteiger partial charge in [0.2, 0.25) is 5.95 Å². The number of morpholine rings is 1. The Bertz CT molecular complexity index is 1090. The number of nitrogen functional groups attached to an aromatic ring is 1. The number of benzene rings is 1. The molecule has 9 heteroatoms. The molecule has 0 spiro atoms. The first-order valence-corrected chi connectivity index (χ1v) is 10.5. The summed E-state index contributed by atoms with van der Waals surface area (Å²) < 4.78 is 5.33. The van der Waals surface area contributed by atoms with Gasteiger partial charge >= 0.3 is 0 Å². The monoisotopic (exact) mass is 419 g/mol. The first-order valence-electron chi connectivity index (χ1n) is 10.5. The second-order valence-corrected chi connectivity index (χ2v) is 7.83. The summed E-state index contributed by atoms with van der Waals surface area (Å²) in [5.74, 6) is 0.994. The molecule has 0 saturated carbocycles. The number of hydrogen-bond acceptors (Lipinski definition) is 8. The van der Waals surface area contributed by atoms with Gasteiger partial charge in [0.25, 0.3) is 5.91 Å². The lowest BCUT2D eigenvalue weighted by molar-refractivity contribution is 0.0303. The van der Waals surface area contributed by atoms with Gasteiger partial charge in [-0.3, -0.25) is 4.79 Å². The van der Waals surface area contributed by atoms with Crippen molar-refractivity contribution in [3.63, 3.8) is 0 Å². The van der Waals surface area contributed by atoms with Crippen LogP contribution in [0.5, 0.6) is 0 Å². The fourth-order valence-corrected chi connectivity index (χ4v) is 4.02. The van der Waals surface area contributed by atoms with E-state index < -0.39 is 0 Å². The van der Waals surface area contributed by atoms with Crippen LogP contribution in [0.15, 0.2) is 36.7 Å². The molecular formula is C22H25N7O2. The van der Waals surface area contributed by atoms with Crippen LogP contribution in [0.2, 0.25) is 0 Å². The van der Waals surface area contributed by atoms with E-state index >= 15 is 0 Å². The molecule has 160 valence electrons. The van der Waals surface area contributed by atoms with Gasteiger partial charge in [0.15, 0.2) is 0 Å². The van der Waals surface area contributed by atoms with E-state index in [1.807, 2.05) is 29.2 Å². The van der Waals surface area contributed by atoms with Crippen molar-refractivity contribution in [1.82, 2.24) is 25.2 Å². The van der Waals surface area contributed by atoms with Crippen LogP contribution in [0.25, 0.3) is 22.0 Å². The summed E-state index contributed by atoms with van der Waals surface area (Å²) in [6.45, 7) is 4.29. The van der Waals surface area contributed by atoms with Crippen molar-refractivity contribution < 1.29 is 9.53 Å². The fourth-order valence-electron chi connectivity index (χ4n) is 4.02. The Balaban J connectivity index is 1.45. The third-order valence-corrected chi connectivity index (χ3v) is 5.79. The smallest absolute Gasteiger partial charge is 0.254 e. The molecular weight excluding hydrogens is 394 g/mol. The Hall–Kier alpha value is -3.30. The lowest BCUT2D eigenvalue weighted by atomic mass is 10.0. The second-order valence-electron chi connectivity index (χ2n) is 7.83. The SMILES string of the molecule is Nc1ncc(-c2ccc(C(=O)N3CCOCC3)cc2)c2nc(NC3CCNC3)ncc12. The molecule has 1 unspecified atom stereocenters. The molecule has 1 aromatic carbocycles. The van der Waals surface area contributed by atoms with E-state index in [9.17, 15) is 4.79 Å². The van der Waals surface area contributed by atoms with Gasteiger partial charge in [-0.05, 0) is 30.7 Å². The number of nitrogens with one attached hydrogen (secondary N) is 2. The van der Waals surface area contributed by atoms with Crippen LogP contribution < -0.4 is 16.4 Å². The number of fused-ring (bicyclic) bond motifs is 1. The summed E-state index contributed by atoms with van der Waals surface area (Å²) in [5, 5.41) is 7.42. The predicted molar refractivity (Wildman–Crippen MR) is 119 cm³/mol. The Morgan fingerprint density at radius 2 is 1.97 bits per heavy atom. The predicted octanol–water partition coefficient (Wildman–Crippen LogP) is 1.52. The van der Waals surface area contributed by atoms with E-state index in [1.165, 1.54) is 0 Å². The van der Waals surface area contributed by atoms with Gasteiger partial charge in [-0.2, -0.15) is 0 Å². The number of hydrogen-bond donors (Lipinski definition) is 3. The van der Waals surface area contributed by atoms with Crippen LogP contribution >= 0.6 is 0 Å². The number of nitrogens with two attached hydrogens (primary N) is 1. The molecule has 31 heavy (non-hydrogen) atoms. The topological polar surface area (TPSA) is 118 Å². The van der Waals surface area contributed by atoms with Gasteiger partial charge in [-0.15, -0.1) is 0 Å². The summed E-state index contributed by atoms with van der Waals surface area (Å²) in [6, 6.07) is 7.86. The Kier molecular flexibility index (Phi) is 5.35. The highest BCUT2D eigenvalue weighted by Crippen LogP contribution is 2.30. The normalized spacial score (nSPS) is 19.0. The van der Waals surface area contributed by atoms with Crippen molar-refractivity contribution in [2.45, 2.75) is 12.5 Å². The van der Waals surface area contributed by atoms with Crippen LogP contribution in [-0.2, 0) is 4.74 Å². The first-order chi connectivity index (χ1) is 15.2. The molecule has 5 rings (SSSR count). The van der Waals surface area contributed by atoms with E-state index in [2.05, 4.69) is 20.6 Å². The van der Waals surface area contributed by atoms with E-state index in [1.54, 1.807) is 12.4 Å². The average molecular weight is 419 g/mol. The maximum Gasteiger partial charge on any atom is 0.254 e. The van der Waals surface area contributed by atoms with Crippen molar-refractivity contribution in [3.05, 3.63) is 42.2 Å². The lowest BCUT2D eigenvalue weighted by Crippen LogP contribution is -2.40. The standard InChI is InChI=1S/C22H25N7O2/c23-20-18-13-26-22(27-16-5-6-24-11-16)28-19(18)17(12-25-20)14-1-3-15(4-2-14)21(30)29-7-9-31-10-8-29/h1-4,12-13,16,24H,5-11H2,(H2,23,25)(H,26,27,28). The lowest BCUT2D eigenvalue weighted by Gasteiger charge is -2.26. The minimum atomic E-state index is 0.0223. The molecule has 0 bridgehead atoms. The Morgan fingerprint density at radius 3 is 2.71 bits per heavy atom. The largest absolute Gasteiger partial charge is 0.383 e. The van der Waals surface area contributed by atoms with Gasteiger partial charge in [-0.1, -0.05) is 12.1 Å². The summed E-state index contributed by atoms with van der Waals surface area (Å²) in [4.78, 5) is 28.0. The zero-order valence-corrected chi connectivity index (χ0v) is 17.2. The zero-order chi connectivity index (χ0) is 21.2. The summed E-state index contributed by atoms with van der Waals surface area (Å²) in [6.07, 6.45) is 4.48. The van der Waals surface area contributed by atoms with Gasteiger partial charge in [-0.25, -0.2) is 15.0 Å². The van der Waals surface area contributed by atoms with Crippen LogP contribution in [0, 0.1) is 0 Å². The highest BCUT2D eigenvalue weighted by molar-refractivity contribution is 5.99. The average Bonchev–Trinajstić information content (AvgIpc) is 3.33. The molecule has 3 aromatic rings. The summed E-state index contributed by atoms with van der Waals surface area (Å²) >= 11 is 0. The molecule has 0 aliphatic carbocycles. The van der Waals surface area contributed by atoms with Crippen LogP contribution in [0.1, 0.15) is 16.8 Å². The fraction of sp³-hybridized carbons (Fsp3) is 0.364.